The molecule has 2 aromatic rings. The number of benzene rings is 2. The van der Waals surface area contributed by atoms with E-state index >= 15 is 0 Å². The van der Waals surface area contributed by atoms with Gasteiger partial charge in [-0.25, -0.2) is 5.01 Å². The van der Waals surface area contributed by atoms with E-state index < -0.39 is 0 Å². The van der Waals surface area contributed by atoms with Crippen molar-refractivity contribution in [3.63, 3.8) is 0 Å². The van der Waals surface area contributed by atoms with Crippen molar-refractivity contribution in [1.82, 2.24) is 10.4 Å². The van der Waals surface area contributed by atoms with Crippen molar-refractivity contribution >= 4 is 28.9 Å². The van der Waals surface area contributed by atoms with Crippen molar-refractivity contribution in [3.05, 3.63) is 59.1 Å². The van der Waals surface area contributed by atoms with E-state index in [1.807, 2.05) is 53.3 Å². The number of rotatable bonds is 4. The molecule has 2 aromatic carbocycles. The van der Waals surface area contributed by atoms with Crippen LogP contribution in [0, 0.1) is 5.92 Å². The molecule has 7 heteroatoms. The van der Waals surface area contributed by atoms with E-state index in [0.717, 1.165) is 37.2 Å². The quantitative estimate of drug-likeness (QED) is 0.792. The average Bonchev–Trinajstić information content (AvgIpc) is 3.07. The highest BCUT2D eigenvalue weighted by Crippen LogP contribution is 2.41. The van der Waals surface area contributed by atoms with Crippen LogP contribution in [0.2, 0.25) is 5.02 Å². The van der Waals surface area contributed by atoms with Crippen LogP contribution in [0.3, 0.4) is 0 Å². The topological polar surface area (TPSA) is 68.2 Å². The van der Waals surface area contributed by atoms with Gasteiger partial charge in [-0.3, -0.25) is 15.2 Å². The van der Waals surface area contributed by atoms with E-state index in [2.05, 4.69) is 5.43 Å². The van der Waals surface area contributed by atoms with Gasteiger partial charge in [0.05, 0.1) is 16.8 Å². The third-order valence-electron chi connectivity index (χ3n) is 5.57. The Labute approximate surface area is 175 Å². The summed E-state index contributed by atoms with van der Waals surface area (Å²) in [6, 6.07) is 14.3. The summed E-state index contributed by atoms with van der Waals surface area (Å²) in [5.41, 5.74) is 5.21. The number of carbonyl (C=O) groups is 1. The molecule has 2 N–H and O–H groups in total. The highest BCUT2D eigenvalue weighted by Gasteiger charge is 2.40. The summed E-state index contributed by atoms with van der Waals surface area (Å²) in [6.45, 7) is 3.73. The Morgan fingerprint density at radius 2 is 1.79 bits per heavy atom. The summed E-state index contributed by atoms with van der Waals surface area (Å²) in [7, 11) is 0. The number of hydrogen-bond acceptors (Lipinski definition) is 5. The van der Waals surface area contributed by atoms with E-state index in [4.69, 9.17) is 16.7 Å². The van der Waals surface area contributed by atoms with Gasteiger partial charge in [-0.1, -0.05) is 49.2 Å². The highest BCUT2D eigenvalue weighted by atomic mass is 35.5. The molecule has 29 heavy (non-hydrogen) atoms. The number of aromatic hydroxyl groups is 1. The zero-order chi connectivity index (χ0) is 20.4. The van der Waals surface area contributed by atoms with E-state index in [-0.39, 0.29) is 23.6 Å². The lowest BCUT2D eigenvalue weighted by Crippen LogP contribution is -2.48. The number of para-hydroxylation sites is 1. The molecule has 2 atom stereocenters. The van der Waals surface area contributed by atoms with Gasteiger partial charge < -0.3 is 5.11 Å². The van der Waals surface area contributed by atoms with Crippen molar-refractivity contribution in [2.24, 2.45) is 11.0 Å². The number of piperidine rings is 1. The third-order valence-corrected chi connectivity index (χ3v) is 5.89. The fraction of sp³-hybridized carbons (Fsp3) is 0.364. The lowest BCUT2D eigenvalue weighted by Gasteiger charge is -2.28. The van der Waals surface area contributed by atoms with Gasteiger partial charge in [-0.2, -0.15) is 5.10 Å². The van der Waals surface area contributed by atoms with Crippen molar-refractivity contribution < 1.29 is 9.90 Å². The van der Waals surface area contributed by atoms with E-state index in [1.165, 1.54) is 6.42 Å². The fourth-order valence-corrected chi connectivity index (χ4v) is 4.25. The minimum atomic E-state index is -0.197. The third kappa shape index (κ3) is 4.09. The molecule has 0 bridgehead atoms. The number of carbonyl (C=O) groups excluding carboxylic acids is 1. The van der Waals surface area contributed by atoms with Crippen LogP contribution >= 0.6 is 11.6 Å². The first-order valence-electron chi connectivity index (χ1n) is 10.0. The predicted octanol–water partition coefficient (Wildman–Crippen LogP) is 4.12. The summed E-state index contributed by atoms with van der Waals surface area (Å²) in [5.74, 6) is -0.119. The minimum absolute atomic E-state index is 0.152. The average molecular weight is 413 g/mol. The number of hydrazone groups is 1. The van der Waals surface area contributed by atoms with Crippen molar-refractivity contribution in [3.8, 4) is 5.75 Å². The summed E-state index contributed by atoms with van der Waals surface area (Å²) >= 11 is 6.45. The Morgan fingerprint density at radius 1 is 1.10 bits per heavy atom. The van der Waals surface area contributed by atoms with Gasteiger partial charge in [0.15, 0.2) is 0 Å². The fourth-order valence-electron chi connectivity index (χ4n) is 4.03. The van der Waals surface area contributed by atoms with E-state index in [0.29, 0.717) is 10.7 Å². The van der Waals surface area contributed by atoms with Crippen LogP contribution in [0.15, 0.2) is 53.6 Å². The Hall–Kier alpha value is -2.57. The SMILES string of the molecule is C[C@@H]1C(C(=O)NN2CCCCC2)=NN(c2ccccc2Cl)[C@@H]1c1ccc(O)cc1. The molecule has 2 heterocycles. The molecule has 4 rings (SSSR count). The van der Waals surface area contributed by atoms with E-state index in [9.17, 15) is 9.90 Å². The Balaban J connectivity index is 1.66. The van der Waals surface area contributed by atoms with Gasteiger partial charge in [0.25, 0.3) is 5.91 Å². The first kappa shape index (κ1) is 19.7. The van der Waals surface area contributed by atoms with Gasteiger partial charge in [0, 0.05) is 19.0 Å². The lowest BCUT2D eigenvalue weighted by molar-refractivity contribution is -0.120. The van der Waals surface area contributed by atoms with Crippen LogP contribution in [0.1, 0.15) is 37.8 Å². The molecule has 0 radical (unpaired) electrons. The maximum Gasteiger partial charge on any atom is 0.282 e. The Kier molecular flexibility index (Phi) is 5.74. The van der Waals surface area contributed by atoms with Crippen LogP contribution in [0.25, 0.3) is 0 Å². The van der Waals surface area contributed by atoms with Crippen LogP contribution in [-0.4, -0.2) is 34.8 Å². The van der Waals surface area contributed by atoms with Gasteiger partial charge in [0.2, 0.25) is 0 Å². The van der Waals surface area contributed by atoms with Gasteiger partial charge in [0.1, 0.15) is 11.5 Å². The number of anilines is 1. The Morgan fingerprint density at radius 3 is 2.48 bits per heavy atom. The first-order valence-corrected chi connectivity index (χ1v) is 10.4. The summed E-state index contributed by atoms with van der Waals surface area (Å²) in [4.78, 5) is 13.0. The van der Waals surface area contributed by atoms with Crippen molar-refractivity contribution in [1.29, 1.82) is 0 Å². The Bertz CT molecular complexity index is 909. The molecule has 2 aliphatic rings. The second-order valence-electron chi connectivity index (χ2n) is 7.59. The smallest absolute Gasteiger partial charge is 0.282 e. The number of halogens is 1. The molecule has 0 unspecified atom stereocenters. The summed E-state index contributed by atoms with van der Waals surface area (Å²) < 4.78 is 0. The van der Waals surface area contributed by atoms with Gasteiger partial charge in [-0.05, 0) is 42.7 Å². The van der Waals surface area contributed by atoms with Crippen LogP contribution < -0.4 is 10.4 Å². The molecule has 1 amide bonds. The lowest BCUT2D eigenvalue weighted by atomic mass is 9.91. The molecule has 1 saturated heterocycles. The predicted molar refractivity (Wildman–Crippen MR) is 115 cm³/mol. The maximum absolute atomic E-state index is 13.0. The van der Waals surface area contributed by atoms with Crippen molar-refractivity contribution in [2.75, 3.05) is 18.1 Å². The minimum Gasteiger partial charge on any atom is -0.508 e. The van der Waals surface area contributed by atoms with Crippen LogP contribution in [-0.2, 0) is 4.79 Å². The molecule has 0 spiro atoms. The largest absolute Gasteiger partial charge is 0.508 e. The molecule has 0 aromatic heterocycles. The number of phenolic OH excluding ortho intramolecular Hbond substituents is 1. The normalized spacial score (nSPS) is 22.4. The van der Waals surface area contributed by atoms with Crippen molar-refractivity contribution in [2.45, 2.75) is 32.2 Å². The maximum atomic E-state index is 13.0. The zero-order valence-corrected chi connectivity index (χ0v) is 17.1. The molecule has 0 saturated carbocycles. The van der Waals surface area contributed by atoms with Crippen LogP contribution in [0.4, 0.5) is 5.69 Å². The van der Waals surface area contributed by atoms with Gasteiger partial charge >= 0.3 is 0 Å². The van der Waals surface area contributed by atoms with Gasteiger partial charge in [-0.15, -0.1) is 0 Å². The number of nitrogens with one attached hydrogen (secondary N) is 1. The molecule has 2 aliphatic heterocycles. The second-order valence-corrected chi connectivity index (χ2v) is 8.00. The number of hydrazine groups is 1. The van der Waals surface area contributed by atoms with E-state index in [1.54, 1.807) is 12.1 Å². The standard InChI is InChI=1S/C22H25ClN4O2/c1-15-20(22(29)25-26-13-5-2-6-14-26)24-27(19-8-4-3-7-18(19)23)21(15)16-9-11-17(28)12-10-16/h3-4,7-12,15,21,28H,2,5-6,13-14H2,1H3,(H,25,29)/t15-,21+/m1/s1. The number of amides is 1. The first-order chi connectivity index (χ1) is 14.0. The monoisotopic (exact) mass is 412 g/mol. The second kappa shape index (κ2) is 8.43. The molecular weight excluding hydrogens is 388 g/mol. The number of phenols is 1. The molecule has 152 valence electrons. The highest BCUT2D eigenvalue weighted by molar-refractivity contribution is 6.40. The molecule has 1 fully saturated rings. The zero-order valence-electron chi connectivity index (χ0n) is 16.4. The molecular formula is C22H25ClN4O2. The number of hydrogen-bond donors (Lipinski definition) is 2. The number of nitrogens with zero attached hydrogens (tertiary/aromatic N) is 3. The van der Waals surface area contributed by atoms with Crippen LogP contribution in [0.5, 0.6) is 5.75 Å². The summed E-state index contributed by atoms with van der Waals surface area (Å²) in [5, 5.41) is 18.8. The molecule has 6 nitrogen and oxygen atoms in total. The molecule has 0 aliphatic carbocycles. The summed E-state index contributed by atoms with van der Waals surface area (Å²) in [6.07, 6.45) is 3.38.